The van der Waals surface area contributed by atoms with Gasteiger partial charge in [0.25, 0.3) is 0 Å². The van der Waals surface area contributed by atoms with Crippen molar-refractivity contribution in [3.05, 3.63) is 41.9 Å². The first-order valence-corrected chi connectivity index (χ1v) is 5.56. The summed E-state index contributed by atoms with van der Waals surface area (Å²) in [6.07, 6.45) is 5.82. The van der Waals surface area contributed by atoms with Crippen LogP contribution in [0.3, 0.4) is 0 Å². The Balaban J connectivity index is 2.01. The number of rotatable bonds is 2. The van der Waals surface area contributed by atoms with Gasteiger partial charge in [0.05, 0.1) is 11.7 Å². The highest BCUT2D eigenvalue weighted by Crippen LogP contribution is 2.19. The molecule has 2 aromatic heterocycles. The number of hydrogen-bond acceptors (Lipinski definition) is 4. The average Bonchev–Trinajstić information content (AvgIpc) is 2.96. The van der Waals surface area contributed by atoms with Gasteiger partial charge in [-0.15, -0.1) is 5.10 Å². The third kappa shape index (κ3) is 1.61. The molecule has 0 aliphatic carbocycles. The van der Waals surface area contributed by atoms with Gasteiger partial charge in [0.2, 0.25) is 0 Å². The molecule has 0 aliphatic heterocycles. The first kappa shape index (κ1) is 9.23. The number of hydrogen-bond donors (Lipinski definition) is 1. The number of nitrogens with zero attached hydrogens (tertiary/aromatic N) is 3. The Morgan fingerprint density at radius 1 is 1.19 bits per heavy atom. The van der Waals surface area contributed by atoms with Crippen molar-refractivity contribution in [2.24, 2.45) is 0 Å². The van der Waals surface area contributed by atoms with E-state index in [0.717, 1.165) is 22.8 Å². The molecule has 0 radical (unpaired) electrons. The number of H-pyrrole nitrogens is 1. The molecule has 2 heterocycles. The van der Waals surface area contributed by atoms with E-state index in [1.807, 2.05) is 30.5 Å². The van der Waals surface area contributed by atoms with Crippen molar-refractivity contribution < 1.29 is 0 Å². The molecule has 0 saturated heterocycles. The summed E-state index contributed by atoms with van der Waals surface area (Å²) in [4.78, 5) is 3.21. The number of fused-ring (bicyclic) bond motifs is 1. The standard InChI is InChI=1S/C11H8N4S/c1-2-4-10-9(3-1)8(7-12-10)5-6-11-13-15-16-14-11/h1-7,12H/b6-5+. The predicted molar refractivity (Wildman–Crippen MR) is 64.9 cm³/mol. The van der Waals surface area contributed by atoms with Gasteiger partial charge in [-0.25, -0.2) is 0 Å². The average molecular weight is 228 g/mol. The van der Waals surface area contributed by atoms with E-state index >= 15 is 0 Å². The highest BCUT2D eigenvalue weighted by atomic mass is 32.1. The highest BCUT2D eigenvalue weighted by Gasteiger charge is 1.99. The smallest absolute Gasteiger partial charge is 0.189 e. The lowest BCUT2D eigenvalue weighted by Gasteiger charge is -1.89. The molecule has 0 aliphatic rings. The van der Waals surface area contributed by atoms with E-state index in [1.54, 1.807) is 0 Å². The zero-order valence-corrected chi connectivity index (χ0v) is 9.11. The zero-order chi connectivity index (χ0) is 10.8. The van der Waals surface area contributed by atoms with E-state index in [2.05, 4.69) is 31.1 Å². The molecule has 0 fully saturated rings. The summed E-state index contributed by atoms with van der Waals surface area (Å²) in [5.74, 6) is 0.648. The summed E-state index contributed by atoms with van der Waals surface area (Å²) in [6, 6.07) is 8.17. The molecular formula is C11H8N4S. The Kier molecular flexibility index (Phi) is 2.23. The highest BCUT2D eigenvalue weighted by molar-refractivity contribution is 6.98. The molecule has 3 rings (SSSR count). The molecule has 16 heavy (non-hydrogen) atoms. The summed E-state index contributed by atoms with van der Waals surface area (Å²) in [7, 11) is 0. The summed E-state index contributed by atoms with van der Waals surface area (Å²) in [5, 5.41) is 5.05. The summed E-state index contributed by atoms with van der Waals surface area (Å²) >= 11 is 1.11. The normalized spacial score (nSPS) is 11.5. The second-order valence-corrected chi connectivity index (χ2v) is 3.84. The molecule has 0 atom stereocenters. The number of benzene rings is 1. The zero-order valence-electron chi connectivity index (χ0n) is 8.29. The number of aromatic amines is 1. The maximum absolute atomic E-state index is 4.02. The first-order valence-electron chi connectivity index (χ1n) is 4.83. The van der Waals surface area contributed by atoms with Crippen LogP contribution in [-0.2, 0) is 0 Å². The second kappa shape index (κ2) is 3.86. The van der Waals surface area contributed by atoms with Crippen molar-refractivity contribution in [1.29, 1.82) is 0 Å². The summed E-state index contributed by atoms with van der Waals surface area (Å²) < 4.78 is 7.72. The fourth-order valence-electron chi connectivity index (χ4n) is 1.60. The molecule has 5 heteroatoms. The Labute approximate surface area is 96.0 Å². The van der Waals surface area contributed by atoms with Crippen LogP contribution >= 0.6 is 11.7 Å². The Morgan fingerprint density at radius 2 is 2.12 bits per heavy atom. The minimum atomic E-state index is 0.648. The third-order valence-electron chi connectivity index (χ3n) is 2.35. The Bertz CT molecular complexity index is 624. The Hall–Kier alpha value is -2.01. The molecule has 78 valence electrons. The molecule has 0 spiro atoms. The van der Waals surface area contributed by atoms with Crippen molar-refractivity contribution in [1.82, 2.24) is 18.9 Å². The first-order chi connectivity index (χ1) is 7.93. The lowest BCUT2D eigenvalue weighted by atomic mass is 10.1. The van der Waals surface area contributed by atoms with Gasteiger partial charge < -0.3 is 4.98 Å². The van der Waals surface area contributed by atoms with Crippen LogP contribution in [0.4, 0.5) is 0 Å². The van der Waals surface area contributed by atoms with E-state index < -0.39 is 0 Å². The molecule has 1 N–H and O–H groups in total. The monoisotopic (exact) mass is 228 g/mol. The molecular weight excluding hydrogens is 220 g/mol. The lowest BCUT2D eigenvalue weighted by molar-refractivity contribution is 1.11. The minimum Gasteiger partial charge on any atom is -0.361 e. The number of para-hydroxylation sites is 1. The van der Waals surface area contributed by atoms with E-state index in [4.69, 9.17) is 0 Å². The van der Waals surface area contributed by atoms with Crippen LogP contribution in [0.5, 0.6) is 0 Å². The van der Waals surface area contributed by atoms with Crippen LogP contribution in [0, 0.1) is 0 Å². The second-order valence-electron chi connectivity index (χ2n) is 3.34. The van der Waals surface area contributed by atoms with Crippen molar-refractivity contribution in [3.8, 4) is 0 Å². The van der Waals surface area contributed by atoms with Gasteiger partial charge in [-0.05, 0) is 23.8 Å². The van der Waals surface area contributed by atoms with Crippen LogP contribution < -0.4 is 0 Å². The van der Waals surface area contributed by atoms with Gasteiger partial charge in [-0.1, -0.05) is 22.7 Å². The molecule has 0 bridgehead atoms. The van der Waals surface area contributed by atoms with Gasteiger partial charge in [0.15, 0.2) is 5.82 Å². The summed E-state index contributed by atoms with van der Waals surface area (Å²) in [5.41, 5.74) is 2.26. The lowest BCUT2D eigenvalue weighted by Crippen LogP contribution is -1.74. The van der Waals surface area contributed by atoms with E-state index in [1.165, 1.54) is 5.39 Å². The molecule has 1 aromatic carbocycles. The van der Waals surface area contributed by atoms with Crippen molar-refractivity contribution in [3.63, 3.8) is 0 Å². The van der Waals surface area contributed by atoms with Crippen molar-refractivity contribution in [2.45, 2.75) is 0 Å². The van der Waals surface area contributed by atoms with Crippen molar-refractivity contribution in [2.75, 3.05) is 0 Å². The van der Waals surface area contributed by atoms with Crippen LogP contribution in [0.15, 0.2) is 30.5 Å². The Morgan fingerprint density at radius 3 is 3.00 bits per heavy atom. The fraction of sp³-hybridized carbons (Fsp3) is 0. The van der Waals surface area contributed by atoms with Gasteiger partial charge in [0.1, 0.15) is 0 Å². The van der Waals surface area contributed by atoms with Crippen LogP contribution in [0.2, 0.25) is 0 Å². The van der Waals surface area contributed by atoms with E-state index in [0.29, 0.717) is 5.82 Å². The maximum Gasteiger partial charge on any atom is 0.189 e. The predicted octanol–water partition coefficient (Wildman–Crippen LogP) is 2.58. The minimum absolute atomic E-state index is 0.648. The molecule has 3 aromatic rings. The van der Waals surface area contributed by atoms with E-state index in [-0.39, 0.29) is 0 Å². The largest absolute Gasteiger partial charge is 0.361 e. The fourth-order valence-corrected chi connectivity index (χ4v) is 1.94. The topological polar surface area (TPSA) is 54.5 Å². The van der Waals surface area contributed by atoms with Crippen LogP contribution in [0.1, 0.15) is 11.4 Å². The maximum atomic E-state index is 4.02. The van der Waals surface area contributed by atoms with Gasteiger partial charge in [-0.2, -0.15) is 4.37 Å². The van der Waals surface area contributed by atoms with Crippen molar-refractivity contribution >= 4 is 34.8 Å². The van der Waals surface area contributed by atoms with Gasteiger partial charge in [0, 0.05) is 17.1 Å². The molecule has 0 unspecified atom stereocenters. The van der Waals surface area contributed by atoms with Crippen LogP contribution in [0.25, 0.3) is 23.1 Å². The quantitative estimate of drug-likeness (QED) is 0.733. The third-order valence-corrected chi connectivity index (χ3v) is 2.77. The SMILES string of the molecule is C(=C\c1c[nH]c2ccccc12)/c1nnsn1. The number of nitrogens with one attached hydrogen (secondary N) is 1. The van der Waals surface area contributed by atoms with Gasteiger partial charge >= 0.3 is 0 Å². The van der Waals surface area contributed by atoms with Gasteiger partial charge in [-0.3, -0.25) is 0 Å². The van der Waals surface area contributed by atoms with Crippen LogP contribution in [-0.4, -0.2) is 18.9 Å². The van der Waals surface area contributed by atoms with E-state index in [9.17, 15) is 0 Å². The molecule has 0 amide bonds. The number of aromatic nitrogens is 4. The molecule has 0 saturated carbocycles. The summed E-state index contributed by atoms with van der Waals surface area (Å²) in [6.45, 7) is 0. The molecule has 4 nitrogen and oxygen atoms in total.